The molecular formula is C28H32N2O5. The fourth-order valence-electron chi connectivity index (χ4n) is 6.04. The molecule has 0 bridgehead atoms. The number of ether oxygens (including phenoxy) is 1. The van der Waals surface area contributed by atoms with Crippen LogP contribution in [-0.4, -0.2) is 53.2 Å². The third kappa shape index (κ3) is 4.77. The number of carboxylic acid groups (broad SMARTS) is 1. The number of likely N-dealkylation sites (tertiary alicyclic amines) is 1. The van der Waals surface area contributed by atoms with Gasteiger partial charge in [0.05, 0.1) is 0 Å². The molecule has 2 amide bonds. The van der Waals surface area contributed by atoms with E-state index in [0.717, 1.165) is 32.1 Å². The normalized spacial score (nSPS) is 23.8. The van der Waals surface area contributed by atoms with E-state index in [1.807, 2.05) is 24.3 Å². The Labute approximate surface area is 205 Å². The average molecular weight is 477 g/mol. The number of hydrogen-bond donors (Lipinski definition) is 2. The largest absolute Gasteiger partial charge is 0.480 e. The maximum atomic E-state index is 13.2. The first-order valence-corrected chi connectivity index (χ1v) is 12.7. The van der Waals surface area contributed by atoms with Crippen LogP contribution in [0.1, 0.15) is 62.0 Å². The van der Waals surface area contributed by atoms with E-state index in [1.54, 1.807) is 4.90 Å². The molecule has 3 atom stereocenters. The van der Waals surface area contributed by atoms with Gasteiger partial charge in [0.15, 0.2) is 0 Å². The molecule has 2 fully saturated rings. The Kier molecular flexibility index (Phi) is 6.75. The van der Waals surface area contributed by atoms with Gasteiger partial charge in [0.2, 0.25) is 5.91 Å². The summed E-state index contributed by atoms with van der Waals surface area (Å²) in [6, 6.07) is 15.6. The van der Waals surface area contributed by atoms with E-state index in [2.05, 4.69) is 29.6 Å². The second-order valence-corrected chi connectivity index (χ2v) is 9.91. The molecule has 2 aromatic carbocycles. The molecule has 0 aromatic heterocycles. The molecule has 184 valence electrons. The van der Waals surface area contributed by atoms with E-state index in [0.29, 0.717) is 19.4 Å². The van der Waals surface area contributed by atoms with Crippen LogP contribution in [0, 0.1) is 5.92 Å². The van der Waals surface area contributed by atoms with Gasteiger partial charge in [-0.3, -0.25) is 4.79 Å². The smallest absolute Gasteiger partial charge is 0.407 e. The Balaban J connectivity index is 1.18. The lowest BCUT2D eigenvalue weighted by molar-refractivity contribution is -0.154. The van der Waals surface area contributed by atoms with Crippen LogP contribution in [0.2, 0.25) is 0 Å². The predicted molar refractivity (Wildman–Crippen MR) is 131 cm³/mol. The van der Waals surface area contributed by atoms with E-state index in [4.69, 9.17) is 4.74 Å². The van der Waals surface area contributed by atoms with Crippen molar-refractivity contribution in [2.75, 3.05) is 13.2 Å². The lowest BCUT2D eigenvalue weighted by atomic mass is 9.84. The van der Waals surface area contributed by atoms with Crippen LogP contribution < -0.4 is 5.32 Å². The number of amides is 2. The fraction of sp³-hybridized carbons (Fsp3) is 0.464. The number of benzene rings is 2. The molecule has 1 aliphatic heterocycles. The van der Waals surface area contributed by atoms with E-state index >= 15 is 0 Å². The summed E-state index contributed by atoms with van der Waals surface area (Å²) >= 11 is 0. The van der Waals surface area contributed by atoms with E-state index < -0.39 is 18.1 Å². The molecule has 0 radical (unpaired) electrons. The number of piperidine rings is 1. The number of alkyl carbamates (subject to hydrolysis) is 1. The molecule has 3 aliphatic rings. The lowest BCUT2D eigenvalue weighted by Gasteiger charge is -2.37. The summed E-state index contributed by atoms with van der Waals surface area (Å²) in [4.78, 5) is 39.0. The quantitative estimate of drug-likeness (QED) is 0.660. The number of nitrogens with one attached hydrogen (secondary N) is 1. The summed E-state index contributed by atoms with van der Waals surface area (Å²) in [7, 11) is 0. The second kappa shape index (κ2) is 10.1. The average Bonchev–Trinajstić information content (AvgIpc) is 3.21. The maximum Gasteiger partial charge on any atom is 0.407 e. The highest BCUT2D eigenvalue weighted by Crippen LogP contribution is 2.44. The summed E-state index contributed by atoms with van der Waals surface area (Å²) in [5.41, 5.74) is 4.70. The molecule has 1 saturated heterocycles. The van der Waals surface area contributed by atoms with Crippen LogP contribution in [0.3, 0.4) is 0 Å². The summed E-state index contributed by atoms with van der Waals surface area (Å²) in [5, 5.41) is 12.5. The third-order valence-electron chi connectivity index (χ3n) is 7.76. The minimum atomic E-state index is -0.929. The van der Waals surface area contributed by atoms with Gasteiger partial charge in [-0.05, 0) is 60.8 Å². The zero-order valence-corrected chi connectivity index (χ0v) is 19.8. The van der Waals surface area contributed by atoms with Crippen molar-refractivity contribution in [3.8, 4) is 11.1 Å². The topological polar surface area (TPSA) is 95.9 Å². The number of nitrogens with zero attached hydrogens (tertiary/aromatic N) is 1. The molecule has 2 aliphatic carbocycles. The molecule has 5 rings (SSSR count). The molecule has 7 nitrogen and oxygen atoms in total. The number of carboxylic acids is 1. The molecule has 1 unspecified atom stereocenters. The van der Waals surface area contributed by atoms with Gasteiger partial charge in [0.1, 0.15) is 12.6 Å². The minimum Gasteiger partial charge on any atom is -0.480 e. The first kappa shape index (κ1) is 23.4. The summed E-state index contributed by atoms with van der Waals surface area (Å²) in [6.45, 7) is 0.750. The number of carbonyl (C=O) groups is 3. The Morgan fingerprint density at radius 2 is 1.60 bits per heavy atom. The van der Waals surface area contributed by atoms with Crippen molar-refractivity contribution in [3.63, 3.8) is 0 Å². The van der Waals surface area contributed by atoms with Crippen molar-refractivity contribution in [3.05, 3.63) is 59.7 Å². The number of aliphatic carboxylic acids is 1. The summed E-state index contributed by atoms with van der Waals surface area (Å²) in [5.74, 6) is -1.28. The van der Waals surface area contributed by atoms with Crippen molar-refractivity contribution < 1.29 is 24.2 Å². The highest BCUT2D eigenvalue weighted by molar-refractivity contribution is 5.85. The molecule has 2 N–H and O–H groups in total. The van der Waals surface area contributed by atoms with Gasteiger partial charge in [-0.15, -0.1) is 0 Å². The standard InChI is InChI=1S/C28H32N2O5/c31-26(30-15-6-5-14-25(30)27(32)33)18-8-7-9-19(16-18)29-28(34)35-17-24-22-12-3-1-10-20(22)21-11-2-4-13-23(21)24/h1-4,10-13,18-19,24-25H,5-9,14-17H2,(H,29,34)(H,32,33)/t18-,19-,25?/m1/s1. The van der Waals surface area contributed by atoms with Gasteiger partial charge in [-0.2, -0.15) is 0 Å². The Morgan fingerprint density at radius 3 is 2.29 bits per heavy atom. The first-order valence-electron chi connectivity index (χ1n) is 12.7. The SMILES string of the molecule is O=C(N[C@@H]1CCC[C@@H](C(=O)N2CCCCC2C(=O)O)C1)OCC1c2ccccc2-c2ccccc21. The van der Waals surface area contributed by atoms with Crippen LogP contribution in [0.15, 0.2) is 48.5 Å². The van der Waals surface area contributed by atoms with Crippen LogP contribution in [0.5, 0.6) is 0 Å². The Hall–Kier alpha value is -3.35. The highest BCUT2D eigenvalue weighted by Gasteiger charge is 2.38. The van der Waals surface area contributed by atoms with Crippen LogP contribution >= 0.6 is 0 Å². The van der Waals surface area contributed by atoms with Gasteiger partial charge >= 0.3 is 12.1 Å². The van der Waals surface area contributed by atoms with Gasteiger partial charge in [0, 0.05) is 24.4 Å². The minimum absolute atomic E-state index is 0.000820. The fourth-order valence-corrected chi connectivity index (χ4v) is 6.04. The van der Waals surface area contributed by atoms with Crippen molar-refractivity contribution in [1.82, 2.24) is 10.2 Å². The summed E-state index contributed by atoms with van der Waals surface area (Å²) < 4.78 is 5.68. The summed E-state index contributed by atoms with van der Waals surface area (Å²) in [6.07, 6.45) is 4.56. The molecule has 2 aromatic rings. The number of carbonyl (C=O) groups excluding carboxylic acids is 2. The molecule has 7 heteroatoms. The molecule has 0 spiro atoms. The van der Waals surface area contributed by atoms with Crippen LogP contribution in [-0.2, 0) is 14.3 Å². The molecule has 1 heterocycles. The Morgan fingerprint density at radius 1 is 0.914 bits per heavy atom. The van der Waals surface area contributed by atoms with Crippen molar-refractivity contribution in [2.24, 2.45) is 5.92 Å². The molecular weight excluding hydrogens is 444 g/mol. The highest BCUT2D eigenvalue weighted by atomic mass is 16.5. The number of fused-ring (bicyclic) bond motifs is 3. The second-order valence-electron chi connectivity index (χ2n) is 9.91. The Bertz CT molecular complexity index is 1070. The van der Waals surface area contributed by atoms with Gasteiger partial charge < -0.3 is 20.1 Å². The zero-order chi connectivity index (χ0) is 24.4. The lowest BCUT2D eigenvalue weighted by Crippen LogP contribution is -2.51. The van der Waals surface area contributed by atoms with E-state index in [9.17, 15) is 19.5 Å². The zero-order valence-electron chi connectivity index (χ0n) is 19.8. The van der Waals surface area contributed by atoms with E-state index in [-0.39, 0.29) is 30.4 Å². The number of hydrogen-bond acceptors (Lipinski definition) is 4. The van der Waals surface area contributed by atoms with E-state index in [1.165, 1.54) is 22.3 Å². The third-order valence-corrected chi connectivity index (χ3v) is 7.76. The van der Waals surface area contributed by atoms with Gasteiger partial charge in [-0.1, -0.05) is 55.0 Å². The maximum absolute atomic E-state index is 13.2. The monoisotopic (exact) mass is 476 g/mol. The van der Waals surface area contributed by atoms with Crippen molar-refractivity contribution >= 4 is 18.0 Å². The predicted octanol–water partition coefficient (Wildman–Crippen LogP) is 4.55. The molecule has 35 heavy (non-hydrogen) atoms. The number of rotatable bonds is 5. The molecule has 1 saturated carbocycles. The van der Waals surface area contributed by atoms with Crippen molar-refractivity contribution in [1.29, 1.82) is 0 Å². The van der Waals surface area contributed by atoms with Crippen LogP contribution in [0.25, 0.3) is 11.1 Å². The van der Waals surface area contributed by atoms with Gasteiger partial charge in [-0.25, -0.2) is 9.59 Å². The first-order chi connectivity index (χ1) is 17.0. The van der Waals surface area contributed by atoms with Crippen LogP contribution in [0.4, 0.5) is 4.79 Å². The van der Waals surface area contributed by atoms with Gasteiger partial charge in [0.25, 0.3) is 0 Å². The van der Waals surface area contributed by atoms with Crippen molar-refractivity contribution in [2.45, 2.75) is 62.9 Å².